The first-order chi connectivity index (χ1) is 25.0. The molecule has 0 spiro atoms. The Kier molecular flexibility index (Phi) is 6.56. The number of fused-ring (bicyclic) bond motifs is 8. The van der Waals surface area contributed by atoms with Crippen LogP contribution in [0.25, 0.3) is 66.1 Å². The van der Waals surface area contributed by atoms with Crippen LogP contribution in [0.4, 0.5) is 17.1 Å². The summed E-state index contributed by atoms with van der Waals surface area (Å²) in [6, 6.07) is 63.6. The molecule has 1 heterocycles. The van der Waals surface area contributed by atoms with Crippen LogP contribution < -0.4 is 4.90 Å². The lowest BCUT2D eigenvalue weighted by atomic mass is 9.82. The van der Waals surface area contributed by atoms with Gasteiger partial charge in [0, 0.05) is 38.6 Å². The van der Waals surface area contributed by atoms with Gasteiger partial charge < -0.3 is 9.32 Å². The Labute approximate surface area is 297 Å². The van der Waals surface area contributed by atoms with E-state index >= 15 is 0 Å². The fourth-order valence-corrected chi connectivity index (χ4v) is 8.32. The molecular weight excluding hydrogens is 619 g/mol. The quantitative estimate of drug-likeness (QED) is 0.184. The van der Waals surface area contributed by atoms with Crippen molar-refractivity contribution in [1.82, 2.24) is 0 Å². The molecule has 0 saturated carbocycles. The first kappa shape index (κ1) is 29.5. The van der Waals surface area contributed by atoms with Crippen LogP contribution >= 0.6 is 0 Å². The van der Waals surface area contributed by atoms with Crippen LogP contribution in [0.1, 0.15) is 25.0 Å². The third-order valence-corrected chi connectivity index (χ3v) is 10.9. The van der Waals surface area contributed by atoms with E-state index in [0.717, 1.165) is 55.5 Å². The summed E-state index contributed by atoms with van der Waals surface area (Å²) >= 11 is 0. The van der Waals surface area contributed by atoms with Crippen molar-refractivity contribution in [3.8, 4) is 33.4 Å². The summed E-state index contributed by atoms with van der Waals surface area (Å²) < 4.78 is 6.57. The van der Waals surface area contributed by atoms with Crippen molar-refractivity contribution in [3.05, 3.63) is 187 Å². The number of hydrogen-bond acceptors (Lipinski definition) is 2. The Balaban J connectivity index is 1.15. The molecule has 0 bridgehead atoms. The van der Waals surface area contributed by atoms with Crippen LogP contribution in [0.2, 0.25) is 0 Å². The lowest BCUT2D eigenvalue weighted by Gasteiger charge is -2.28. The Morgan fingerprint density at radius 2 is 1.10 bits per heavy atom. The lowest BCUT2D eigenvalue weighted by molar-refractivity contribution is 0.660. The molecule has 0 aliphatic heterocycles. The molecule has 0 radical (unpaired) electrons. The maximum absolute atomic E-state index is 6.57. The summed E-state index contributed by atoms with van der Waals surface area (Å²) in [4.78, 5) is 2.40. The summed E-state index contributed by atoms with van der Waals surface area (Å²) in [5.41, 5.74) is 15.2. The molecule has 1 aliphatic rings. The van der Waals surface area contributed by atoms with Crippen molar-refractivity contribution >= 4 is 49.8 Å². The second-order valence-corrected chi connectivity index (χ2v) is 14.1. The van der Waals surface area contributed by atoms with E-state index in [1.165, 1.54) is 38.8 Å². The summed E-state index contributed by atoms with van der Waals surface area (Å²) in [5, 5.41) is 4.60. The highest BCUT2D eigenvalue weighted by molar-refractivity contribution is 6.19. The van der Waals surface area contributed by atoms with Crippen LogP contribution in [0.15, 0.2) is 180 Å². The predicted molar refractivity (Wildman–Crippen MR) is 214 cm³/mol. The van der Waals surface area contributed by atoms with E-state index in [2.05, 4.69) is 195 Å². The molecule has 8 aromatic carbocycles. The van der Waals surface area contributed by atoms with E-state index in [9.17, 15) is 0 Å². The van der Waals surface area contributed by atoms with Crippen molar-refractivity contribution in [3.63, 3.8) is 0 Å². The Hall–Kier alpha value is -6.38. The maximum Gasteiger partial charge on any atom is 0.143 e. The molecule has 0 saturated heterocycles. The molecule has 0 fully saturated rings. The Morgan fingerprint density at radius 1 is 0.431 bits per heavy atom. The molecule has 0 unspecified atom stereocenters. The number of nitrogens with zero attached hydrogens (tertiary/aromatic N) is 1. The van der Waals surface area contributed by atoms with Gasteiger partial charge in [0.25, 0.3) is 0 Å². The average Bonchev–Trinajstić information content (AvgIpc) is 3.68. The third kappa shape index (κ3) is 4.64. The average molecular weight is 654 g/mol. The van der Waals surface area contributed by atoms with Gasteiger partial charge in [-0.3, -0.25) is 0 Å². The van der Waals surface area contributed by atoms with Gasteiger partial charge in [0.2, 0.25) is 0 Å². The normalized spacial score (nSPS) is 13.1. The van der Waals surface area contributed by atoms with Crippen molar-refractivity contribution in [2.45, 2.75) is 19.3 Å². The first-order valence-corrected chi connectivity index (χ1v) is 17.7. The molecule has 51 heavy (non-hydrogen) atoms. The van der Waals surface area contributed by atoms with Crippen LogP contribution in [0.5, 0.6) is 0 Å². The minimum Gasteiger partial charge on any atom is -0.455 e. The van der Waals surface area contributed by atoms with E-state index < -0.39 is 0 Å². The van der Waals surface area contributed by atoms with E-state index in [1.54, 1.807) is 0 Å². The molecule has 0 amide bonds. The van der Waals surface area contributed by atoms with Crippen LogP contribution in [-0.4, -0.2) is 0 Å². The van der Waals surface area contributed by atoms with Gasteiger partial charge in [-0.15, -0.1) is 0 Å². The zero-order valence-corrected chi connectivity index (χ0v) is 28.6. The van der Waals surface area contributed by atoms with Gasteiger partial charge in [-0.1, -0.05) is 141 Å². The summed E-state index contributed by atoms with van der Waals surface area (Å²) in [6.07, 6.45) is 0. The third-order valence-electron chi connectivity index (χ3n) is 10.9. The van der Waals surface area contributed by atoms with Crippen molar-refractivity contribution < 1.29 is 4.42 Å². The molecule has 242 valence electrons. The monoisotopic (exact) mass is 653 g/mol. The van der Waals surface area contributed by atoms with E-state index in [1.807, 2.05) is 0 Å². The number of furan rings is 1. The van der Waals surface area contributed by atoms with Gasteiger partial charge >= 0.3 is 0 Å². The van der Waals surface area contributed by atoms with Crippen molar-refractivity contribution in [2.75, 3.05) is 4.90 Å². The SMILES string of the molecule is CC1(C)c2ccccc2-c2ccc(N(c3ccc(-c4ccccc4)cc3)c3cccc(-c4cccc5oc6c7ccccc7ccc6c45)c3)cc21. The second-order valence-electron chi connectivity index (χ2n) is 14.1. The second kappa shape index (κ2) is 11.3. The number of benzene rings is 8. The standard InChI is InChI=1S/C49H35NO/c1-49(2)44-20-9-8-18-41(44)42-29-27-38(31-45(42)49)50(36-25-22-33(23-26-36)32-12-4-3-5-13-32)37-16-10-15-35(30-37)39-19-11-21-46-47(39)43-28-24-34-14-6-7-17-40(34)48(43)51-46/h3-31H,1-2H3. The number of anilines is 3. The molecule has 10 rings (SSSR count). The minimum atomic E-state index is -0.102. The fraction of sp³-hybridized carbons (Fsp3) is 0.0612. The predicted octanol–water partition coefficient (Wildman–Crippen LogP) is 13.8. The molecular formula is C49H35NO. The first-order valence-electron chi connectivity index (χ1n) is 17.7. The van der Waals surface area contributed by atoms with E-state index in [0.29, 0.717) is 0 Å². The van der Waals surface area contributed by atoms with Crippen molar-refractivity contribution in [2.24, 2.45) is 0 Å². The number of rotatable bonds is 5. The summed E-state index contributed by atoms with van der Waals surface area (Å²) in [6.45, 7) is 4.69. The molecule has 9 aromatic rings. The van der Waals surface area contributed by atoms with Gasteiger partial charge in [-0.25, -0.2) is 0 Å². The minimum absolute atomic E-state index is 0.102. The van der Waals surface area contributed by atoms with Gasteiger partial charge in [0.05, 0.1) is 0 Å². The number of hydrogen-bond donors (Lipinski definition) is 0. The fourth-order valence-electron chi connectivity index (χ4n) is 8.32. The molecule has 1 aromatic heterocycles. The van der Waals surface area contributed by atoms with Crippen LogP contribution in [0.3, 0.4) is 0 Å². The van der Waals surface area contributed by atoms with Gasteiger partial charge in [-0.05, 0) is 98.4 Å². The van der Waals surface area contributed by atoms with Gasteiger partial charge in [0.1, 0.15) is 11.2 Å². The van der Waals surface area contributed by atoms with Crippen molar-refractivity contribution in [1.29, 1.82) is 0 Å². The largest absolute Gasteiger partial charge is 0.455 e. The molecule has 1 aliphatic carbocycles. The Bertz CT molecular complexity index is 2770. The lowest BCUT2D eigenvalue weighted by Crippen LogP contribution is -2.16. The zero-order valence-electron chi connectivity index (χ0n) is 28.6. The van der Waals surface area contributed by atoms with Gasteiger partial charge in [-0.2, -0.15) is 0 Å². The molecule has 0 N–H and O–H groups in total. The van der Waals surface area contributed by atoms with E-state index in [4.69, 9.17) is 4.42 Å². The highest BCUT2D eigenvalue weighted by Crippen LogP contribution is 2.51. The highest BCUT2D eigenvalue weighted by atomic mass is 16.3. The van der Waals surface area contributed by atoms with Gasteiger partial charge in [0.15, 0.2) is 0 Å². The molecule has 0 atom stereocenters. The Morgan fingerprint density at radius 3 is 1.98 bits per heavy atom. The molecule has 2 nitrogen and oxygen atoms in total. The molecule has 2 heteroatoms. The zero-order chi connectivity index (χ0) is 34.1. The van der Waals surface area contributed by atoms with Crippen LogP contribution in [0, 0.1) is 0 Å². The van der Waals surface area contributed by atoms with E-state index in [-0.39, 0.29) is 5.41 Å². The summed E-state index contributed by atoms with van der Waals surface area (Å²) in [7, 11) is 0. The highest BCUT2D eigenvalue weighted by Gasteiger charge is 2.35. The summed E-state index contributed by atoms with van der Waals surface area (Å²) in [5.74, 6) is 0. The maximum atomic E-state index is 6.57. The smallest absolute Gasteiger partial charge is 0.143 e. The van der Waals surface area contributed by atoms with Crippen LogP contribution in [-0.2, 0) is 5.41 Å². The topological polar surface area (TPSA) is 16.4 Å².